The van der Waals surface area contributed by atoms with E-state index in [4.69, 9.17) is 0 Å². The van der Waals surface area contributed by atoms with Crippen LogP contribution in [0.2, 0.25) is 0 Å². The van der Waals surface area contributed by atoms with Crippen molar-refractivity contribution in [1.82, 2.24) is 15.2 Å². The molecule has 2 aromatic rings. The first kappa shape index (κ1) is 19.6. The predicted molar refractivity (Wildman–Crippen MR) is 97.3 cm³/mol. The second kappa shape index (κ2) is 9.08. The summed E-state index contributed by atoms with van der Waals surface area (Å²) in [6.45, 7) is 5.81. The summed E-state index contributed by atoms with van der Waals surface area (Å²) < 4.78 is 13.1. The molecule has 1 aromatic heterocycles. The van der Waals surface area contributed by atoms with Crippen molar-refractivity contribution >= 4 is 11.8 Å². The molecule has 5 nitrogen and oxygen atoms in total. The van der Waals surface area contributed by atoms with E-state index in [0.29, 0.717) is 6.54 Å². The van der Waals surface area contributed by atoms with Crippen molar-refractivity contribution in [3.05, 3.63) is 65.7 Å². The summed E-state index contributed by atoms with van der Waals surface area (Å²) in [6.07, 6.45) is 1.66. The Kier molecular flexibility index (Phi) is 6.83. The van der Waals surface area contributed by atoms with Gasteiger partial charge in [-0.05, 0) is 36.8 Å². The van der Waals surface area contributed by atoms with E-state index in [0.717, 1.165) is 11.3 Å². The van der Waals surface area contributed by atoms with Gasteiger partial charge in [0.15, 0.2) is 0 Å². The molecule has 0 aliphatic rings. The molecular weight excluding hydrogens is 333 g/mol. The van der Waals surface area contributed by atoms with Gasteiger partial charge in [-0.3, -0.25) is 14.6 Å². The van der Waals surface area contributed by atoms with Crippen molar-refractivity contribution in [1.29, 1.82) is 0 Å². The molecule has 0 fully saturated rings. The fourth-order valence-corrected chi connectivity index (χ4v) is 2.49. The summed E-state index contributed by atoms with van der Waals surface area (Å²) in [4.78, 5) is 30.8. The lowest BCUT2D eigenvalue weighted by Gasteiger charge is -2.30. The third kappa shape index (κ3) is 5.37. The average molecular weight is 357 g/mol. The Hall–Kier alpha value is -2.76. The lowest BCUT2D eigenvalue weighted by atomic mass is 10.1. The Labute approximate surface area is 153 Å². The Morgan fingerprint density at radius 2 is 1.81 bits per heavy atom. The highest BCUT2D eigenvalue weighted by Gasteiger charge is 2.27. The van der Waals surface area contributed by atoms with Crippen molar-refractivity contribution in [2.45, 2.75) is 39.9 Å². The second-order valence-electron chi connectivity index (χ2n) is 6.46. The molecule has 2 rings (SSSR count). The Bertz CT molecular complexity index is 732. The molecular formula is C20H24FN3O2. The summed E-state index contributed by atoms with van der Waals surface area (Å²) in [5, 5.41) is 2.81. The van der Waals surface area contributed by atoms with Crippen LogP contribution in [-0.2, 0) is 22.7 Å². The van der Waals surface area contributed by atoms with Crippen molar-refractivity contribution in [3.63, 3.8) is 0 Å². The fourth-order valence-electron chi connectivity index (χ4n) is 2.49. The van der Waals surface area contributed by atoms with Gasteiger partial charge in [-0.1, -0.05) is 32.0 Å². The first-order valence-electron chi connectivity index (χ1n) is 8.61. The van der Waals surface area contributed by atoms with Gasteiger partial charge in [-0.15, -0.1) is 0 Å². The number of carbonyl (C=O) groups excluding carboxylic acids is 2. The molecule has 138 valence electrons. The van der Waals surface area contributed by atoms with E-state index in [2.05, 4.69) is 10.3 Å². The monoisotopic (exact) mass is 357 g/mol. The number of amides is 2. The smallest absolute Gasteiger partial charge is 0.242 e. The maximum atomic E-state index is 13.1. The van der Waals surface area contributed by atoms with Crippen LogP contribution in [-0.4, -0.2) is 27.7 Å². The molecule has 1 N–H and O–H groups in total. The van der Waals surface area contributed by atoms with Crippen LogP contribution in [0.1, 0.15) is 32.0 Å². The number of halogens is 1. The minimum atomic E-state index is -0.654. The summed E-state index contributed by atoms with van der Waals surface area (Å²) in [7, 11) is 0. The van der Waals surface area contributed by atoms with Crippen molar-refractivity contribution in [2.24, 2.45) is 5.92 Å². The van der Waals surface area contributed by atoms with Crippen LogP contribution < -0.4 is 5.32 Å². The van der Waals surface area contributed by atoms with Crippen LogP contribution in [0.5, 0.6) is 0 Å². The van der Waals surface area contributed by atoms with Gasteiger partial charge in [-0.25, -0.2) is 4.39 Å². The molecule has 2 amide bonds. The SMILES string of the molecule is CC(C)C(=O)N(Cc1ccc(F)cc1)[C@H](C)C(=O)NCc1ccccn1. The molecule has 0 saturated heterocycles. The molecule has 0 spiro atoms. The number of nitrogens with one attached hydrogen (secondary N) is 1. The number of hydrogen-bond donors (Lipinski definition) is 1. The second-order valence-corrected chi connectivity index (χ2v) is 6.46. The zero-order valence-corrected chi connectivity index (χ0v) is 15.3. The Morgan fingerprint density at radius 1 is 1.12 bits per heavy atom. The molecule has 0 aliphatic carbocycles. The maximum Gasteiger partial charge on any atom is 0.242 e. The van der Waals surface area contributed by atoms with Crippen LogP contribution in [0, 0.1) is 11.7 Å². The van der Waals surface area contributed by atoms with E-state index in [-0.39, 0.29) is 30.1 Å². The molecule has 26 heavy (non-hydrogen) atoms. The third-order valence-electron chi connectivity index (χ3n) is 4.06. The molecule has 1 aromatic carbocycles. The largest absolute Gasteiger partial charge is 0.349 e. The zero-order valence-electron chi connectivity index (χ0n) is 15.3. The molecule has 1 heterocycles. The van der Waals surface area contributed by atoms with Gasteiger partial charge >= 0.3 is 0 Å². The number of benzene rings is 1. The highest BCUT2D eigenvalue weighted by atomic mass is 19.1. The standard InChI is InChI=1S/C20H24FN3O2/c1-14(2)20(26)24(13-16-7-9-17(21)10-8-16)15(3)19(25)23-12-18-6-4-5-11-22-18/h4-11,14-15H,12-13H2,1-3H3,(H,23,25)/t15-/m1/s1. The van der Waals surface area contributed by atoms with Gasteiger partial charge in [-0.2, -0.15) is 0 Å². The van der Waals surface area contributed by atoms with Gasteiger partial charge in [0.25, 0.3) is 0 Å². The molecule has 6 heteroatoms. The summed E-state index contributed by atoms with van der Waals surface area (Å²) >= 11 is 0. The summed E-state index contributed by atoms with van der Waals surface area (Å²) in [5.41, 5.74) is 1.51. The molecule has 1 atom stereocenters. The first-order chi connectivity index (χ1) is 12.4. The summed E-state index contributed by atoms with van der Waals surface area (Å²) in [5.74, 6) is -0.972. The Morgan fingerprint density at radius 3 is 2.38 bits per heavy atom. The van der Waals surface area contributed by atoms with Gasteiger partial charge in [0.05, 0.1) is 12.2 Å². The van der Waals surface area contributed by atoms with Gasteiger partial charge in [0.1, 0.15) is 11.9 Å². The van der Waals surface area contributed by atoms with Gasteiger partial charge in [0, 0.05) is 18.7 Å². The topological polar surface area (TPSA) is 62.3 Å². The fraction of sp³-hybridized carbons (Fsp3) is 0.350. The van der Waals surface area contributed by atoms with E-state index in [1.165, 1.54) is 17.0 Å². The van der Waals surface area contributed by atoms with E-state index in [1.54, 1.807) is 45.2 Å². The number of rotatable bonds is 7. The van der Waals surface area contributed by atoms with E-state index in [9.17, 15) is 14.0 Å². The number of aromatic nitrogens is 1. The van der Waals surface area contributed by atoms with Gasteiger partial charge in [0.2, 0.25) is 11.8 Å². The maximum absolute atomic E-state index is 13.1. The number of hydrogen-bond acceptors (Lipinski definition) is 3. The van der Waals surface area contributed by atoms with E-state index >= 15 is 0 Å². The molecule has 0 radical (unpaired) electrons. The van der Waals surface area contributed by atoms with E-state index < -0.39 is 6.04 Å². The van der Waals surface area contributed by atoms with Crippen LogP contribution in [0.15, 0.2) is 48.7 Å². The molecule has 0 unspecified atom stereocenters. The number of carbonyl (C=O) groups is 2. The van der Waals surface area contributed by atoms with Crippen molar-refractivity contribution in [3.8, 4) is 0 Å². The van der Waals surface area contributed by atoms with Crippen molar-refractivity contribution in [2.75, 3.05) is 0 Å². The van der Waals surface area contributed by atoms with Crippen LogP contribution in [0.3, 0.4) is 0 Å². The first-order valence-corrected chi connectivity index (χ1v) is 8.61. The minimum absolute atomic E-state index is 0.130. The van der Waals surface area contributed by atoms with Gasteiger partial charge < -0.3 is 10.2 Å². The highest BCUT2D eigenvalue weighted by molar-refractivity contribution is 5.88. The molecule has 0 aliphatic heterocycles. The quantitative estimate of drug-likeness (QED) is 0.829. The molecule has 0 saturated carbocycles. The minimum Gasteiger partial charge on any atom is -0.349 e. The van der Waals surface area contributed by atoms with Crippen LogP contribution in [0.4, 0.5) is 4.39 Å². The average Bonchev–Trinajstić information content (AvgIpc) is 2.65. The Balaban J connectivity index is 2.08. The molecule has 0 bridgehead atoms. The number of nitrogens with zero attached hydrogens (tertiary/aromatic N) is 2. The van der Waals surface area contributed by atoms with Crippen molar-refractivity contribution < 1.29 is 14.0 Å². The third-order valence-corrected chi connectivity index (χ3v) is 4.06. The lowest BCUT2D eigenvalue weighted by Crippen LogP contribution is -2.48. The number of pyridine rings is 1. The van der Waals surface area contributed by atoms with Crippen LogP contribution >= 0.6 is 0 Å². The summed E-state index contributed by atoms with van der Waals surface area (Å²) in [6, 6.07) is 10.8. The highest BCUT2D eigenvalue weighted by Crippen LogP contribution is 2.14. The zero-order chi connectivity index (χ0) is 19.1. The van der Waals surface area contributed by atoms with Crippen LogP contribution in [0.25, 0.3) is 0 Å². The van der Waals surface area contributed by atoms with E-state index in [1.807, 2.05) is 12.1 Å². The lowest BCUT2D eigenvalue weighted by molar-refractivity contribution is -0.143. The normalized spacial score (nSPS) is 11.9. The predicted octanol–water partition coefficient (Wildman–Crippen LogP) is 2.91.